The number of sulfonamides is 1. The molecule has 0 saturated carbocycles. The minimum absolute atomic E-state index is 0.0523. The predicted octanol–water partition coefficient (Wildman–Crippen LogP) is 2.91. The van der Waals surface area contributed by atoms with Crippen molar-refractivity contribution in [3.8, 4) is 17.4 Å². The molecule has 160 valence electrons. The summed E-state index contributed by atoms with van der Waals surface area (Å²) in [5.41, 5.74) is 2.23. The van der Waals surface area contributed by atoms with Crippen LogP contribution in [0, 0.1) is 20.8 Å². The molecule has 11 heteroatoms. The van der Waals surface area contributed by atoms with Gasteiger partial charge in [0, 0.05) is 30.7 Å². The molecule has 0 spiro atoms. The van der Waals surface area contributed by atoms with Crippen molar-refractivity contribution in [3.05, 3.63) is 66.1 Å². The van der Waals surface area contributed by atoms with E-state index in [4.69, 9.17) is 4.74 Å². The number of benzene rings is 1. The molecule has 0 aliphatic heterocycles. The molecule has 0 amide bonds. The molecule has 31 heavy (non-hydrogen) atoms. The Hall–Kier alpha value is -3.73. The maximum Gasteiger partial charge on any atom is 0.280 e. The van der Waals surface area contributed by atoms with Gasteiger partial charge in [0.15, 0.2) is 10.8 Å². The Balaban J connectivity index is 1.52. The number of anilines is 1. The molecule has 4 aromatic rings. The lowest BCUT2D eigenvalue weighted by atomic mass is 10.3. The minimum atomic E-state index is -3.76. The quantitative estimate of drug-likeness (QED) is 0.491. The average molecular weight is 440 g/mol. The summed E-state index contributed by atoms with van der Waals surface area (Å²) in [4.78, 5) is 12.6. The largest absolute Gasteiger partial charge is 0.439 e. The number of hydrogen-bond donors (Lipinski definition) is 1. The van der Waals surface area contributed by atoms with E-state index in [-0.39, 0.29) is 5.03 Å². The summed E-state index contributed by atoms with van der Waals surface area (Å²) in [5, 5.41) is 4.39. The first-order chi connectivity index (χ1) is 14.7. The normalized spacial score (nSPS) is 11.5. The van der Waals surface area contributed by atoms with Gasteiger partial charge in [-0.15, -0.1) is 0 Å². The molecule has 1 aromatic carbocycles. The fourth-order valence-electron chi connectivity index (χ4n) is 2.99. The zero-order valence-corrected chi connectivity index (χ0v) is 18.3. The highest BCUT2D eigenvalue weighted by Crippen LogP contribution is 2.24. The van der Waals surface area contributed by atoms with Crippen molar-refractivity contribution < 1.29 is 13.2 Å². The summed E-state index contributed by atoms with van der Waals surface area (Å²) < 4.78 is 36.4. The van der Waals surface area contributed by atoms with Crippen LogP contribution in [-0.4, -0.2) is 37.7 Å². The third-order valence-electron chi connectivity index (χ3n) is 4.31. The van der Waals surface area contributed by atoms with Crippen molar-refractivity contribution in [3.63, 3.8) is 0 Å². The van der Waals surface area contributed by atoms with E-state index >= 15 is 0 Å². The Labute approximate surface area is 179 Å². The summed E-state index contributed by atoms with van der Waals surface area (Å²) in [5.74, 6) is 2.00. The van der Waals surface area contributed by atoms with Gasteiger partial charge in [-0.05, 0) is 51.1 Å². The summed E-state index contributed by atoms with van der Waals surface area (Å²) in [7, 11) is -2.06. The number of ether oxygens (including phenoxy) is 1. The maximum atomic E-state index is 12.4. The molecule has 0 aliphatic carbocycles. The number of nitrogens with one attached hydrogen (secondary N) is 1. The van der Waals surface area contributed by atoms with Gasteiger partial charge in [0.25, 0.3) is 10.0 Å². The van der Waals surface area contributed by atoms with Crippen molar-refractivity contribution in [2.45, 2.75) is 25.8 Å². The molecule has 0 unspecified atom stereocenters. The van der Waals surface area contributed by atoms with Crippen LogP contribution in [0.1, 0.15) is 17.2 Å². The van der Waals surface area contributed by atoms with E-state index in [2.05, 4.69) is 24.8 Å². The van der Waals surface area contributed by atoms with Crippen LogP contribution < -0.4 is 9.46 Å². The first-order valence-electron chi connectivity index (χ1n) is 9.38. The number of aromatic nitrogens is 6. The highest BCUT2D eigenvalue weighted by molar-refractivity contribution is 7.92. The Morgan fingerprint density at radius 1 is 1.03 bits per heavy atom. The second-order valence-electron chi connectivity index (χ2n) is 7.06. The highest BCUT2D eigenvalue weighted by atomic mass is 32.2. The van der Waals surface area contributed by atoms with Crippen LogP contribution in [-0.2, 0) is 17.1 Å². The molecular weight excluding hydrogens is 418 g/mol. The van der Waals surface area contributed by atoms with Crippen molar-refractivity contribution in [1.29, 1.82) is 0 Å². The monoisotopic (exact) mass is 439 g/mol. The fraction of sp³-hybridized carbons (Fsp3) is 0.200. The van der Waals surface area contributed by atoms with Crippen LogP contribution >= 0.6 is 0 Å². The van der Waals surface area contributed by atoms with Crippen molar-refractivity contribution in [2.24, 2.45) is 7.05 Å². The van der Waals surface area contributed by atoms with Crippen LogP contribution in [0.5, 0.6) is 11.6 Å². The average Bonchev–Trinajstić information content (AvgIpc) is 3.28. The third kappa shape index (κ3) is 4.56. The van der Waals surface area contributed by atoms with Gasteiger partial charge in [0.05, 0.1) is 12.0 Å². The summed E-state index contributed by atoms with van der Waals surface area (Å²) in [6.45, 7) is 5.64. The minimum Gasteiger partial charge on any atom is -0.439 e. The molecule has 0 atom stereocenters. The molecule has 0 bridgehead atoms. The molecule has 3 heterocycles. The van der Waals surface area contributed by atoms with Gasteiger partial charge >= 0.3 is 0 Å². The molecule has 10 nitrogen and oxygen atoms in total. The number of nitrogens with zero attached hydrogens (tertiary/aromatic N) is 6. The van der Waals surface area contributed by atoms with Gasteiger partial charge < -0.3 is 9.30 Å². The first kappa shape index (κ1) is 20.5. The van der Waals surface area contributed by atoms with Crippen LogP contribution in [0.25, 0.3) is 5.82 Å². The number of hydrogen-bond acceptors (Lipinski definition) is 7. The SMILES string of the molecule is Cc1cc(C)n(-c2cc(Oc3ccc(NS(=O)(=O)c4cn(C)cn4)cc3)nc(C)n2)n1. The van der Waals surface area contributed by atoms with E-state index in [0.717, 1.165) is 11.4 Å². The van der Waals surface area contributed by atoms with Crippen LogP contribution in [0.4, 0.5) is 5.69 Å². The second-order valence-corrected chi connectivity index (χ2v) is 8.69. The predicted molar refractivity (Wildman–Crippen MR) is 114 cm³/mol. The molecule has 4 rings (SSSR count). The standard InChI is InChI=1S/C20H21N7O3S/c1-13-9-14(2)27(24-13)18-10-19(23-15(3)22-18)30-17-7-5-16(6-8-17)25-31(28,29)20-11-26(4)12-21-20/h5-12,25H,1-4H3. The Morgan fingerprint density at radius 2 is 1.77 bits per heavy atom. The van der Waals surface area contributed by atoms with Gasteiger partial charge in [0.2, 0.25) is 5.88 Å². The van der Waals surface area contributed by atoms with E-state index in [1.54, 1.807) is 53.6 Å². The summed E-state index contributed by atoms with van der Waals surface area (Å²) in [6.07, 6.45) is 2.85. The van der Waals surface area contributed by atoms with Crippen LogP contribution in [0.3, 0.4) is 0 Å². The molecule has 0 aliphatic rings. The lowest BCUT2D eigenvalue weighted by Gasteiger charge is -2.10. The van der Waals surface area contributed by atoms with Crippen LogP contribution in [0.15, 0.2) is 53.9 Å². The maximum absolute atomic E-state index is 12.4. The molecule has 0 radical (unpaired) electrons. The van der Waals surface area contributed by atoms with Gasteiger partial charge in [0.1, 0.15) is 11.6 Å². The van der Waals surface area contributed by atoms with E-state index in [9.17, 15) is 8.42 Å². The number of imidazole rings is 1. The zero-order valence-electron chi connectivity index (χ0n) is 17.4. The van der Waals surface area contributed by atoms with Gasteiger partial charge in [-0.1, -0.05) is 0 Å². The molecule has 3 aromatic heterocycles. The Kier molecular flexibility index (Phi) is 5.19. The van der Waals surface area contributed by atoms with E-state index < -0.39 is 10.0 Å². The smallest absolute Gasteiger partial charge is 0.280 e. The Bertz CT molecular complexity index is 1340. The molecule has 0 fully saturated rings. The molecule has 0 saturated heterocycles. The third-order valence-corrected chi connectivity index (χ3v) is 5.58. The zero-order chi connectivity index (χ0) is 22.2. The highest BCUT2D eigenvalue weighted by Gasteiger charge is 2.17. The van der Waals surface area contributed by atoms with Gasteiger partial charge in [-0.3, -0.25) is 4.72 Å². The van der Waals surface area contributed by atoms with Crippen molar-refractivity contribution in [1.82, 2.24) is 29.3 Å². The van der Waals surface area contributed by atoms with E-state index in [1.165, 1.54) is 12.5 Å². The van der Waals surface area contributed by atoms with E-state index in [0.29, 0.717) is 29.0 Å². The lowest BCUT2D eigenvalue weighted by Crippen LogP contribution is -2.13. The number of rotatable bonds is 6. The summed E-state index contributed by atoms with van der Waals surface area (Å²) >= 11 is 0. The second kappa shape index (κ2) is 7.84. The molecule has 1 N–H and O–H groups in total. The topological polar surface area (TPSA) is 117 Å². The van der Waals surface area contributed by atoms with E-state index in [1.807, 2.05) is 19.9 Å². The van der Waals surface area contributed by atoms with Gasteiger partial charge in [-0.2, -0.15) is 18.5 Å². The Morgan fingerprint density at radius 3 is 2.39 bits per heavy atom. The fourth-order valence-corrected chi connectivity index (χ4v) is 4.04. The van der Waals surface area contributed by atoms with Crippen LogP contribution in [0.2, 0.25) is 0 Å². The van der Waals surface area contributed by atoms with Gasteiger partial charge in [-0.25, -0.2) is 14.6 Å². The van der Waals surface area contributed by atoms with Crippen molar-refractivity contribution in [2.75, 3.05) is 4.72 Å². The number of aryl methyl sites for hydroxylation is 4. The lowest BCUT2D eigenvalue weighted by molar-refractivity contribution is 0.459. The summed E-state index contributed by atoms with van der Waals surface area (Å²) in [6, 6.07) is 10.2. The van der Waals surface area contributed by atoms with Crippen molar-refractivity contribution >= 4 is 15.7 Å². The molecular formula is C20H21N7O3S. The first-order valence-corrected chi connectivity index (χ1v) is 10.9.